The van der Waals surface area contributed by atoms with E-state index in [4.69, 9.17) is 4.74 Å². The first kappa shape index (κ1) is 13.5. The lowest BCUT2D eigenvalue weighted by Gasteiger charge is -2.05. The van der Waals surface area contributed by atoms with Crippen LogP contribution in [-0.2, 0) is 4.74 Å². The van der Waals surface area contributed by atoms with Crippen molar-refractivity contribution in [3.63, 3.8) is 0 Å². The number of nitro groups is 1. The first-order chi connectivity index (χ1) is 9.49. The molecule has 0 saturated carbocycles. The lowest BCUT2D eigenvalue weighted by atomic mass is 10.2. The average Bonchev–Trinajstić information content (AvgIpc) is 2.44. The van der Waals surface area contributed by atoms with Gasteiger partial charge >= 0.3 is 11.7 Å². The summed E-state index contributed by atoms with van der Waals surface area (Å²) in [6.07, 6.45) is 0. The number of methoxy groups -OCH3 is 2. The zero-order valence-electron chi connectivity index (χ0n) is 10.5. The SMILES string of the molecule is COC(=O)c1nc2c([N+](=O)[O-])c(OC)ccc2[nH]c1=O. The van der Waals surface area contributed by atoms with Gasteiger partial charge in [-0.25, -0.2) is 9.78 Å². The molecule has 9 nitrogen and oxygen atoms in total. The molecule has 2 rings (SSSR count). The van der Waals surface area contributed by atoms with Crippen LogP contribution in [0.15, 0.2) is 16.9 Å². The van der Waals surface area contributed by atoms with Crippen LogP contribution in [0.4, 0.5) is 5.69 Å². The van der Waals surface area contributed by atoms with Crippen molar-refractivity contribution in [2.24, 2.45) is 0 Å². The van der Waals surface area contributed by atoms with E-state index < -0.39 is 27.8 Å². The molecule has 0 fully saturated rings. The zero-order chi connectivity index (χ0) is 14.9. The van der Waals surface area contributed by atoms with Crippen LogP contribution in [0.1, 0.15) is 10.5 Å². The van der Waals surface area contributed by atoms with Crippen LogP contribution < -0.4 is 10.3 Å². The monoisotopic (exact) mass is 279 g/mol. The third-order valence-corrected chi connectivity index (χ3v) is 2.58. The third-order valence-electron chi connectivity index (χ3n) is 2.58. The van der Waals surface area contributed by atoms with E-state index in [2.05, 4.69) is 14.7 Å². The van der Waals surface area contributed by atoms with Gasteiger partial charge in [-0.15, -0.1) is 0 Å². The highest BCUT2D eigenvalue weighted by atomic mass is 16.6. The molecular formula is C11H9N3O6. The molecule has 2 aromatic rings. The lowest BCUT2D eigenvalue weighted by Crippen LogP contribution is -2.21. The molecule has 0 saturated heterocycles. The van der Waals surface area contributed by atoms with Crippen molar-refractivity contribution < 1.29 is 19.2 Å². The minimum Gasteiger partial charge on any atom is -0.490 e. The smallest absolute Gasteiger partial charge is 0.362 e. The van der Waals surface area contributed by atoms with E-state index in [0.29, 0.717) is 0 Å². The highest BCUT2D eigenvalue weighted by Gasteiger charge is 2.24. The fourth-order valence-corrected chi connectivity index (χ4v) is 1.70. The van der Waals surface area contributed by atoms with Crippen molar-refractivity contribution in [2.45, 2.75) is 0 Å². The van der Waals surface area contributed by atoms with Crippen LogP contribution in [-0.4, -0.2) is 35.1 Å². The predicted molar refractivity (Wildman–Crippen MR) is 66.9 cm³/mol. The lowest BCUT2D eigenvalue weighted by molar-refractivity contribution is -0.384. The number of rotatable bonds is 3. The Hall–Kier alpha value is -2.97. The number of carbonyl (C=O) groups is 1. The summed E-state index contributed by atoms with van der Waals surface area (Å²) in [6.45, 7) is 0. The number of carbonyl (C=O) groups excluding carboxylic acids is 1. The maximum Gasteiger partial charge on any atom is 0.362 e. The van der Waals surface area contributed by atoms with Crippen LogP contribution in [0.3, 0.4) is 0 Å². The summed E-state index contributed by atoms with van der Waals surface area (Å²) in [5, 5.41) is 11.1. The standard InChI is InChI=1S/C11H9N3O6/c1-19-6-4-3-5-7(9(6)14(17)18)13-8(10(15)12-5)11(16)20-2/h3-4H,1-2H3,(H,12,15). The molecule has 0 bridgehead atoms. The fourth-order valence-electron chi connectivity index (χ4n) is 1.70. The number of benzene rings is 1. The number of fused-ring (bicyclic) bond motifs is 1. The minimum absolute atomic E-state index is 0.0298. The summed E-state index contributed by atoms with van der Waals surface area (Å²) < 4.78 is 9.28. The van der Waals surface area contributed by atoms with Crippen LogP contribution in [0.5, 0.6) is 5.75 Å². The highest BCUT2D eigenvalue weighted by molar-refractivity contribution is 5.92. The Labute approximate surface area is 111 Å². The molecule has 104 valence electrons. The molecule has 0 unspecified atom stereocenters. The number of H-pyrrole nitrogens is 1. The van der Waals surface area contributed by atoms with E-state index in [9.17, 15) is 19.7 Å². The number of hydrogen-bond donors (Lipinski definition) is 1. The first-order valence-corrected chi connectivity index (χ1v) is 5.33. The number of ether oxygens (including phenoxy) is 2. The van der Waals surface area contributed by atoms with Crippen molar-refractivity contribution in [3.8, 4) is 5.75 Å². The number of nitrogens with zero attached hydrogens (tertiary/aromatic N) is 2. The Balaban J connectivity index is 2.88. The molecule has 1 heterocycles. The van der Waals surface area contributed by atoms with Gasteiger partial charge in [0.2, 0.25) is 5.69 Å². The second-order valence-electron chi connectivity index (χ2n) is 3.68. The van der Waals surface area contributed by atoms with E-state index >= 15 is 0 Å². The Morgan fingerprint density at radius 1 is 1.40 bits per heavy atom. The largest absolute Gasteiger partial charge is 0.490 e. The average molecular weight is 279 g/mol. The number of hydrogen-bond acceptors (Lipinski definition) is 7. The summed E-state index contributed by atoms with van der Waals surface area (Å²) in [5.74, 6) is -1.01. The number of aromatic nitrogens is 2. The zero-order valence-corrected chi connectivity index (χ0v) is 10.5. The van der Waals surface area contributed by atoms with Crippen molar-refractivity contribution in [3.05, 3.63) is 38.3 Å². The Morgan fingerprint density at radius 2 is 2.10 bits per heavy atom. The van der Waals surface area contributed by atoms with Crippen LogP contribution >= 0.6 is 0 Å². The molecule has 0 radical (unpaired) electrons. The molecule has 1 aromatic carbocycles. The molecule has 1 N–H and O–H groups in total. The molecule has 0 aliphatic heterocycles. The number of esters is 1. The second-order valence-corrected chi connectivity index (χ2v) is 3.68. The number of aromatic amines is 1. The number of nitro benzene ring substituents is 1. The molecule has 9 heteroatoms. The van der Waals surface area contributed by atoms with Gasteiger partial charge in [0.15, 0.2) is 11.3 Å². The van der Waals surface area contributed by atoms with Crippen LogP contribution in [0.2, 0.25) is 0 Å². The van der Waals surface area contributed by atoms with E-state index in [-0.39, 0.29) is 16.8 Å². The summed E-state index contributed by atoms with van der Waals surface area (Å²) in [6, 6.07) is 2.73. The van der Waals surface area contributed by atoms with Gasteiger partial charge in [0, 0.05) is 0 Å². The van der Waals surface area contributed by atoms with Crippen LogP contribution in [0, 0.1) is 10.1 Å². The second kappa shape index (κ2) is 4.96. The minimum atomic E-state index is -0.981. The van der Waals surface area contributed by atoms with Gasteiger partial charge < -0.3 is 14.5 Å². The van der Waals surface area contributed by atoms with Gasteiger partial charge in [-0.05, 0) is 12.1 Å². The molecule has 20 heavy (non-hydrogen) atoms. The van der Waals surface area contributed by atoms with Crippen molar-refractivity contribution >= 4 is 22.7 Å². The van der Waals surface area contributed by atoms with Gasteiger partial charge in [0.05, 0.1) is 24.7 Å². The summed E-state index contributed by atoms with van der Waals surface area (Å²) in [7, 11) is 2.34. The Bertz CT molecular complexity index is 767. The predicted octanol–water partition coefficient (Wildman–Crippen LogP) is 0.626. The Kier molecular flexibility index (Phi) is 3.34. The van der Waals surface area contributed by atoms with Gasteiger partial charge in [-0.1, -0.05) is 0 Å². The normalized spacial score (nSPS) is 10.3. The van der Waals surface area contributed by atoms with Gasteiger partial charge in [-0.2, -0.15) is 0 Å². The molecule has 1 aromatic heterocycles. The maximum atomic E-state index is 11.6. The molecule has 0 spiro atoms. The molecule has 0 atom stereocenters. The van der Waals surface area contributed by atoms with E-state index in [1.165, 1.54) is 19.2 Å². The quantitative estimate of drug-likeness (QED) is 0.496. The van der Waals surface area contributed by atoms with Gasteiger partial charge in [0.25, 0.3) is 5.56 Å². The molecule has 0 aliphatic rings. The van der Waals surface area contributed by atoms with Gasteiger partial charge in [-0.3, -0.25) is 14.9 Å². The summed E-state index contributed by atoms with van der Waals surface area (Å²) in [5.41, 5.74) is -1.82. The molecule has 0 aliphatic carbocycles. The highest BCUT2D eigenvalue weighted by Crippen LogP contribution is 2.32. The van der Waals surface area contributed by atoms with Crippen molar-refractivity contribution in [2.75, 3.05) is 14.2 Å². The maximum absolute atomic E-state index is 11.6. The van der Waals surface area contributed by atoms with E-state index in [1.54, 1.807) is 0 Å². The molecule has 0 amide bonds. The molecular weight excluding hydrogens is 270 g/mol. The van der Waals surface area contributed by atoms with Crippen molar-refractivity contribution in [1.82, 2.24) is 9.97 Å². The summed E-state index contributed by atoms with van der Waals surface area (Å²) >= 11 is 0. The van der Waals surface area contributed by atoms with Gasteiger partial charge in [0.1, 0.15) is 0 Å². The fraction of sp³-hybridized carbons (Fsp3) is 0.182. The first-order valence-electron chi connectivity index (χ1n) is 5.33. The topological polar surface area (TPSA) is 124 Å². The Morgan fingerprint density at radius 3 is 2.65 bits per heavy atom. The van der Waals surface area contributed by atoms with E-state index in [1.807, 2.05) is 0 Å². The third kappa shape index (κ3) is 2.05. The van der Waals surface area contributed by atoms with Crippen molar-refractivity contribution in [1.29, 1.82) is 0 Å². The van der Waals surface area contributed by atoms with Crippen LogP contribution in [0.25, 0.3) is 11.0 Å². The van der Waals surface area contributed by atoms with E-state index in [0.717, 1.165) is 7.11 Å². The summed E-state index contributed by atoms with van der Waals surface area (Å²) in [4.78, 5) is 39.5. The number of nitrogens with one attached hydrogen (secondary N) is 1.